The van der Waals surface area contributed by atoms with Gasteiger partial charge in [0.2, 0.25) is 5.91 Å². The normalized spacial score (nSPS) is 13.8. The fourth-order valence-electron chi connectivity index (χ4n) is 1.49. The molecular weight excluding hydrogens is 300 g/mol. The molecular formula is C11H18N4OS3. The van der Waals surface area contributed by atoms with E-state index in [0.29, 0.717) is 11.7 Å². The lowest BCUT2D eigenvalue weighted by atomic mass is 10.4. The molecule has 0 unspecified atom stereocenters. The van der Waals surface area contributed by atoms with Crippen LogP contribution in [0.25, 0.3) is 0 Å². The third-order valence-electron chi connectivity index (χ3n) is 2.41. The first-order valence-electron chi connectivity index (χ1n) is 5.98. The summed E-state index contributed by atoms with van der Waals surface area (Å²) in [6.45, 7) is 6.11. The average molecular weight is 318 g/mol. The van der Waals surface area contributed by atoms with Crippen LogP contribution in [0, 0.1) is 0 Å². The van der Waals surface area contributed by atoms with Crippen LogP contribution >= 0.6 is 36.2 Å². The Bertz CT molecular complexity index is 356. The Hall–Kier alpha value is -0.860. The molecule has 0 radical (unpaired) electrons. The van der Waals surface area contributed by atoms with Crippen LogP contribution < -0.4 is 16.2 Å². The molecule has 1 aliphatic heterocycles. The average Bonchev–Trinajstić information content (AvgIpc) is 2.94. The number of carbonyl (C=O) groups is 1. The molecule has 0 aromatic rings. The minimum absolute atomic E-state index is 0.158. The summed E-state index contributed by atoms with van der Waals surface area (Å²) in [5, 5.41) is 3.21. The summed E-state index contributed by atoms with van der Waals surface area (Å²) < 4.78 is 0.792. The lowest BCUT2D eigenvalue weighted by molar-refractivity contribution is -0.119. The molecule has 19 heavy (non-hydrogen) atoms. The van der Waals surface area contributed by atoms with Crippen LogP contribution in [-0.4, -0.2) is 45.6 Å². The van der Waals surface area contributed by atoms with Gasteiger partial charge in [0.25, 0.3) is 0 Å². The van der Waals surface area contributed by atoms with Gasteiger partial charge in [0.15, 0.2) is 5.11 Å². The fourth-order valence-corrected chi connectivity index (χ4v) is 2.68. The molecule has 1 amide bonds. The summed E-state index contributed by atoms with van der Waals surface area (Å²) in [4.78, 5) is 13.7. The number of hydrogen-bond acceptors (Lipinski definition) is 4. The number of carbonyl (C=O) groups excluding carboxylic acids is 1. The van der Waals surface area contributed by atoms with Gasteiger partial charge in [0.05, 0.1) is 5.75 Å². The van der Waals surface area contributed by atoms with Crippen molar-refractivity contribution in [2.24, 2.45) is 0 Å². The van der Waals surface area contributed by atoms with E-state index in [1.54, 1.807) is 6.08 Å². The topological polar surface area (TPSA) is 56.4 Å². The van der Waals surface area contributed by atoms with Gasteiger partial charge in [0.1, 0.15) is 4.32 Å². The molecule has 0 aromatic heterocycles. The summed E-state index contributed by atoms with van der Waals surface area (Å²) in [7, 11) is 0. The lowest BCUT2D eigenvalue weighted by Crippen LogP contribution is -2.47. The molecule has 0 saturated carbocycles. The van der Waals surface area contributed by atoms with Gasteiger partial charge in [-0.1, -0.05) is 30.1 Å². The van der Waals surface area contributed by atoms with Crippen LogP contribution in [0.5, 0.6) is 0 Å². The Morgan fingerprint density at radius 3 is 2.63 bits per heavy atom. The molecule has 0 aromatic carbocycles. The van der Waals surface area contributed by atoms with E-state index in [-0.39, 0.29) is 11.7 Å². The number of hydrazine groups is 1. The number of likely N-dealkylation sites (tertiary alicyclic amines) is 1. The summed E-state index contributed by atoms with van der Waals surface area (Å²) in [5.41, 5.74) is 5.12. The maximum atomic E-state index is 11.6. The lowest BCUT2D eigenvalue weighted by Gasteiger charge is -2.17. The molecule has 1 heterocycles. The number of rotatable bonds is 4. The van der Waals surface area contributed by atoms with E-state index in [0.717, 1.165) is 17.4 Å². The minimum atomic E-state index is -0.158. The summed E-state index contributed by atoms with van der Waals surface area (Å²) in [5.74, 6) is 0.126. The monoisotopic (exact) mass is 318 g/mol. The van der Waals surface area contributed by atoms with E-state index in [1.807, 2.05) is 0 Å². The quantitative estimate of drug-likeness (QED) is 0.402. The number of nitrogens with one attached hydrogen (secondary N) is 3. The van der Waals surface area contributed by atoms with Crippen molar-refractivity contribution in [2.75, 3.05) is 25.4 Å². The summed E-state index contributed by atoms with van der Waals surface area (Å²) in [6, 6.07) is 0. The Kier molecular flexibility index (Phi) is 7.76. The van der Waals surface area contributed by atoms with E-state index in [1.165, 1.54) is 24.6 Å². The van der Waals surface area contributed by atoms with Crippen molar-refractivity contribution in [1.82, 2.24) is 21.1 Å². The first-order valence-corrected chi connectivity index (χ1v) is 7.79. The Morgan fingerprint density at radius 1 is 1.32 bits per heavy atom. The van der Waals surface area contributed by atoms with Gasteiger partial charge in [-0.2, -0.15) is 0 Å². The SMILES string of the molecule is C=CCNC(=S)NNC(=O)CSC(=S)N1CCCC1. The smallest absolute Gasteiger partial charge is 0.248 e. The van der Waals surface area contributed by atoms with E-state index < -0.39 is 0 Å². The zero-order valence-corrected chi connectivity index (χ0v) is 13.1. The van der Waals surface area contributed by atoms with Crippen LogP contribution in [0.2, 0.25) is 0 Å². The van der Waals surface area contributed by atoms with Crippen molar-refractivity contribution < 1.29 is 4.79 Å². The summed E-state index contributed by atoms with van der Waals surface area (Å²) >= 11 is 11.6. The van der Waals surface area contributed by atoms with Crippen LogP contribution in [0.1, 0.15) is 12.8 Å². The van der Waals surface area contributed by atoms with Gasteiger partial charge in [-0.15, -0.1) is 6.58 Å². The van der Waals surface area contributed by atoms with Crippen molar-refractivity contribution in [3.05, 3.63) is 12.7 Å². The van der Waals surface area contributed by atoms with Crippen molar-refractivity contribution >= 4 is 51.5 Å². The largest absolute Gasteiger partial charge is 0.358 e. The van der Waals surface area contributed by atoms with E-state index in [4.69, 9.17) is 24.4 Å². The predicted octanol–water partition coefficient (Wildman–Crippen LogP) is 0.782. The Morgan fingerprint density at radius 2 is 2.00 bits per heavy atom. The highest BCUT2D eigenvalue weighted by Gasteiger charge is 2.16. The van der Waals surface area contributed by atoms with Gasteiger partial charge in [-0.05, 0) is 25.1 Å². The first-order chi connectivity index (χ1) is 9.13. The van der Waals surface area contributed by atoms with E-state index in [9.17, 15) is 4.79 Å². The molecule has 5 nitrogen and oxygen atoms in total. The van der Waals surface area contributed by atoms with Crippen LogP contribution in [-0.2, 0) is 4.79 Å². The molecule has 1 saturated heterocycles. The van der Waals surface area contributed by atoms with Gasteiger partial charge >= 0.3 is 0 Å². The zero-order chi connectivity index (χ0) is 14.1. The van der Waals surface area contributed by atoms with Crippen LogP contribution in [0.15, 0.2) is 12.7 Å². The van der Waals surface area contributed by atoms with Gasteiger partial charge < -0.3 is 10.2 Å². The standard InChI is InChI=1S/C11H18N4OS3/c1-2-5-12-10(17)14-13-9(16)8-19-11(18)15-6-3-4-7-15/h2H,1,3-8H2,(H,13,16)(H2,12,14,17). The third-order valence-corrected chi connectivity index (χ3v) is 4.18. The molecule has 0 aliphatic carbocycles. The number of nitrogens with zero attached hydrogens (tertiary/aromatic N) is 1. The van der Waals surface area contributed by atoms with E-state index >= 15 is 0 Å². The zero-order valence-electron chi connectivity index (χ0n) is 10.6. The molecule has 8 heteroatoms. The number of amides is 1. The fraction of sp³-hybridized carbons (Fsp3) is 0.545. The predicted molar refractivity (Wildman–Crippen MR) is 87.9 cm³/mol. The maximum absolute atomic E-state index is 11.6. The molecule has 3 N–H and O–H groups in total. The molecule has 0 spiro atoms. The maximum Gasteiger partial charge on any atom is 0.248 e. The highest BCUT2D eigenvalue weighted by atomic mass is 32.2. The van der Waals surface area contributed by atoms with Gasteiger partial charge in [-0.25, -0.2) is 0 Å². The van der Waals surface area contributed by atoms with Gasteiger partial charge in [0, 0.05) is 19.6 Å². The van der Waals surface area contributed by atoms with Crippen molar-refractivity contribution in [3.63, 3.8) is 0 Å². The molecule has 0 bridgehead atoms. The number of thiocarbonyl (C=S) groups is 2. The van der Waals surface area contributed by atoms with Crippen LogP contribution in [0.4, 0.5) is 0 Å². The molecule has 1 rings (SSSR count). The third kappa shape index (κ3) is 6.74. The molecule has 1 aliphatic rings. The van der Waals surface area contributed by atoms with Crippen molar-refractivity contribution in [1.29, 1.82) is 0 Å². The molecule has 1 fully saturated rings. The number of thioether (sulfide) groups is 1. The number of hydrogen-bond donors (Lipinski definition) is 3. The van der Waals surface area contributed by atoms with Crippen molar-refractivity contribution in [3.8, 4) is 0 Å². The van der Waals surface area contributed by atoms with Crippen molar-refractivity contribution in [2.45, 2.75) is 12.8 Å². The highest BCUT2D eigenvalue weighted by molar-refractivity contribution is 8.23. The van der Waals surface area contributed by atoms with Gasteiger partial charge in [-0.3, -0.25) is 15.6 Å². The highest BCUT2D eigenvalue weighted by Crippen LogP contribution is 2.15. The second kappa shape index (κ2) is 9.11. The second-order valence-corrected chi connectivity index (χ2v) is 5.94. The molecule has 0 atom stereocenters. The van der Waals surface area contributed by atoms with E-state index in [2.05, 4.69) is 27.6 Å². The second-order valence-electron chi connectivity index (χ2n) is 3.92. The van der Waals surface area contributed by atoms with Crippen LogP contribution in [0.3, 0.4) is 0 Å². The molecule has 106 valence electrons. The Balaban J connectivity index is 2.11. The minimum Gasteiger partial charge on any atom is -0.358 e. The first kappa shape index (κ1) is 16.2. The Labute approximate surface area is 128 Å². The summed E-state index contributed by atoms with van der Waals surface area (Å²) in [6.07, 6.45) is 4.04.